The molecule has 0 radical (unpaired) electrons. The summed E-state index contributed by atoms with van der Waals surface area (Å²) in [5.41, 5.74) is 3.94. The molecule has 0 saturated heterocycles. The molecule has 1 aromatic carbocycles. The zero-order valence-electron chi connectivity index (χ0n) is 12.6. The van der Waals surface area contributed by atoms with Crippen molar-refractivity contribution in [2.45, 2.75) is 0 Å². The SMILES string of the molecule is CNC(=O)c1ccc(/C=C/c2c[nH]c3ccccc23)[n+](C)c1. The van der Waals surface area contributed by atoms with E-state index in [1.165, 1.54) is 5.39 Å². The molecule has 3 rings (SSSR count). The van der Waals surface area contributed by atoms with E-state index in [4.69, 9.17) is 0 Å². The van der Waals surface area contributed by atoms with Crippen LogP contribution >= 0.6 is 0 Å². The van der Waals surface area contributed by atoms with E-state index < -0.39 is 0 Å². The fourth-order valence-corrected chi connectivity index (χ4v) is 2.48. The van der Waals surface area contributed by atoms with Crippen molar-refractivity contribution < 1.29 is 9.36 Å². The zero-order valence-corrected chi connectivity index (χ0v) is 12.6. The number of H-pyrrole nitrogens is 1. The van der Waals surface area contributed by atoms with Crippen molar-refractivity contribution >= 4 is 29.0 Å². The molecular formula is C18H18N3O+. The highest BCUT2D eigenvalue weighted by atomic mass is 16.1. The maximum Gasteiger partial charge on any atom is 0.257 e. The number of pyridine rings is 1. The molecule has 0 aliphatic heterocycles. The quantitative estimate of drug-likeness (QED) is 0.716. The predicted octanol–water partition coefficient (Wildman–Crippen LogP) is 2.52. The minimum Gasteiger partial charge on any atom is -0.361 e. The Kier molecular flexibility index (Phi) is 3.74. The summed E-state index contributed by atoms with van der Waals surface area (Å²) in [4.78, 5) is 14.9. The van der Waals surface area contributed by atoms with Crippen molar-refractivity contribution in [3.63, 3.8) is 0 Å². The van der Waals surface area contributed by atoms with Gasteiger partial charge in [0.2, 0.25) is 5.69 Å². The second kappa shape index (κ2) is 5.85. The minimum absolute atomic E-state index is 0.0808. The third-order valence-corrected chi connectivity index (χ3v) is 3.72. The van der Waals surface area contributed by atoms with Gasteiger partial charge in [-0.25, -0.2) is 4.57 Å². The molecule has 3 aromatic rings. The van der Waals surface area contributed by atoms with Gasteiger partial charge in [0.15, 0.2) is 6.20 Å². The number of benzene rings is 1. The summed E-state index contributed by atoms with van der Waals surface area (Å²) in [6, 6.07) is 12.0. The molecule has 0 saturated carbocycles. The second-order valence-corrected chi connectivity index (χ2v) is 5.16. The number of rotatable bonds is 3. The third-order valence-electron chi connectivity index (χ3n) is 3.72. The van der Waals surface area contributed by atoms with Crippen molar-refractivity contribution in [3.8, 4) is 0 Å². The van der Waals surface area contributed by atoms with E-state index in [9.17, 15) is 4.79 Å². The van der Waals surface area contributed by atoms with Crippen molar-refractivity contribution in [2.24, 2.45) is 7.05 Å². The highest BCUT2D eigenvalue weighted by Gasteiger charge is 2.10. The number of hydrogen-bond acceptors (Lipinski definition) is 1. The number of aromatic amines is 1. The lowest BCUT2D eigenvalue weighted by Crippen LogP contribution is -2.33. The number of amides is 1. The number of nitrogens with one attached hydrogen (secondary N) is 2. The van der Waals surface area contributed by atoms with E-state index in [0.717, 1.165) is 16.8 Å². The van der Waals surface area contributed by atoms with Gasteiger partial charge in [-0.2, -0.15) is 0 Å². The number of aryl methyl sites for hydroxylation is 1. The van der Waals surface area contributed by atoms with Gasteiger partial charge in [0, 0.05) is 36.3 Å². The van der Waals surface area contributed by atoms with Gasteiger partial charge in [-0.05, 0) is 23.8 Å². The summed E-state index contributed by atoms with van der Waals surface area (Å²) in [7, 11) is 3.56. The number of carbonyl (C=O) groups is 1. The fourth-order valence-electron chi connectivity index (χ4n) is 2.48. The van der Waals surface area contributed by atoms with Crippen molar-refractivity contribution in [1.82, 2.24) is 10.3 Å². The van der Waals surface area contributed by atoms with Crippen molar-refractivity contribution in [3.05, 3.63) is 65.6 Å². The van der Waals surface area contributed by atoms with Gasteiger partial charge in [0.1, 0.15) is 12.6 Å². The van der Waals surface area contributed by atoms with Crippen LogP contribution in [0.1, 0.15) is 21.6 Å². The number of nitrogens with zero attached hydrogens (tertiary/aromatic N) is 1. The molecule has 0 fully saturated rings. The minimum atomic E-state index is -0.0808. The topological polar surface area (TPSA) is 48.8 Å². The molecule has 2 N–H and O–H groups in total. The lowest BCUT2D eigenvalue weighted by Gasteiger charge is -1.99. The highest BCUT2D eigenvalue weighted by Crippen LogP contribution is 2.19. The van der Waals surface area contributed by atoms with Crippen LogP contribution in [0.2, 0.25) is 0 Å². The first kappa shape index (κ1) is 14.1. The molecule has 0 unspecified atom stereocenters. The van der Waals surface area contributed by atoms with E-state index in [1.54, 1.807) is 7.05 Å². The monoisotopic (exact) mass is 292 g/mol. The molecule has 4 nitrogen and oxygen atoms in total. The predicted molar refractivity (Wildman–Crippen MR) is 88.2 cm³/mol. The molecule has 110 valence electrons. The van der Waals surface area contributed by atoms with E-state index in [-0.39, 0.29) is 5.91 Å². The molecule has 0 atom stereocenters. The van der Waals surface area contributed by atoms with E-state index in [0.29, 0.717) is 5.56 Å². The largest absolute Gasteiger partial charge is 0.361 e. The second-order valence-electron chi connectivity index (χ2n) is 5.16. The maximum absolute atomic E-state index is 11.6. The van der Waals surface area contributed by atoms with Crippen LogP contribution in [0.25, 0.3) is 23.1 Å². The van der Waals surface area contributed by atoms with E-state index in [2.05, 4.69) is 28.5 Å². The summed E-state index contributed by atoms with van der Waals surface area (Å²) in [6.45, 7) is 0. The number of hydrogen-bond donors (Lipinski definition) is 2. The normalized spacial score (nSPS) is 11.2. The standard InChI is InChI=1S/C18H17N3O/c1-19-18(22)14-8-10-15(21(2)12-14)9-7-13-11-20-17-6-4-3-5-16(13)17/h3-12H,1-2H3,(H,19,22)/p+1. The summed E-state index contributed by atoms with van der Waals surface area (Å²) in [6.07, 6.45) is 7.95. The van der Waals surface area contributed by atoms with Crippen LogP contribution in [0.5, 0.6) is 0 Å². The average Bonchev–Trinajstić information content (AvgIpc) is 2.96. The van der Waals surface area contributed by atoms with Gasteiger partial charge < -0.3 is 10.3 Å². The van der Waals surface area contributed by atoms with Gasteiger partial charge in [0.05, 0.1) is 0 Å². The van der Waals surface area contributed by atoms with Gasteiger partial charge in [-0.3, -0.25) is 4.79 Å². The Morgan fingerprint density at radius 3 is 2.77 bits per heavy atom. The van der Waals surface area contributed by atoms with Crippen LogP contribution in [0.15, 0.2) is 48.8 Å². The Morgan fingerprint density at radius 1 is 1.18 bits per heavy atom. The smallest absolute Gasteiger partial charge is 0.257 e. The molecule has 1 amide bonds. The Bertz CT molecular complexity index is 862. The number of carbonyl (C=O) groups excluding carboxylic acids is 1. The van der Waals surface area contributed by atoms with Gasteiger partial charge in [0.25, 0.3) is 5.91 Å². The lowest BCUT2D eigenvalue weighted by atomic mass is 10.1. The molecule has 0 bridgehead atoms. The molecule has 0 aliphatic carbocycles. The Balaban J connectivity index is 1.91. The van der Waals surface area contributed by atoms with Gasteiger partial charge in [-0.1, -0.05) is 18.2 Å². The molecule has 0 spiro atoms. The van der Waals surface area contributed by atoms with E-state index >= 15 is 0 Å². The number of aromatic nitrogens is 2. The first-order valence-corrected chi connectivity index (χ1v) is 7.15. The summed E-state index contributed by atoms with van der Waals surface area (Å²) < 4.78 is 1.94. The first-order valence-electron chi connectivity index (χ1n) is 7.15. The average molecular weight is 292 g/mol. The zero-order chi connectivity index (χ0) is 15.5. The Hall–Kier alpha value is -2.88. The van der Waals surface area contributed by atoms with Crippen LogP contribution in [-0.2, 0) is 7.05 Å². The van der Waals surface area contributed by atoms with Crippen LogP contribution in [0.4, 0.5) is 0 Å². The first-order chi connectivity index (χ1) is 10.7. The molecule has 2 heterocycles. The Morgan fingerprint density at radius 2 is 2.00 bits per heavy atom. The van der Waals surface area contributed by atoms with Crippen LogP contribution in [-0.4, -0.2) is 17.9 Å². The molecule has 2 aromatic heterocycles. The molecule has 4 heteroatoms. The van der Waals surface area contributed by atoms with E-state index in [1.807, 2.05) is 54.3 Å². The van der Waals surface area contributed by atoms with Crippen molar-refractivity contribution in [1.29, 1.82) is 0 Å². The van der Waals surface area contributed by atoms with Crippen LogP contribution in [0, 0.1) is 0 Å². The molecular weight excluding hydrogens is 274 g/mol. The molecule has 22 heavy (non-hydrogen) atoms. The summed E-state index contributed by atoms with van der Waals surface area (Å²) >= 11 is 0. The maximum atomic E-state index is 11.6. The van der Waals surface area contributed by atoms with Gasteiger partial charge >= 0.3 is 0 Å². The van der Waals surface area contributed by atoms with Crippen molar-refractivity contribution in [2.75, 3.05) is 7.05 Å². The van der Waals surface area contributed by atoms with Gasteiger partial charge in [-0.15, -0.1) is 0 Å². The summed E-state index contributed by atoms with van der Waals surface area (Å²) in [5, 5.41) is 3.83. The molecule has 0 aliphatic rings. The fraction of sp³-hybridized carbons (Fsp3) is 0.111. The highest BCUT2D eigenvalue weighted by molar-refractivity contribution is 5.93. The Labute approximate surface area is 129 Å². The number of para-hydroxylation sites is 1. The number of fused-ring (bicyclic) bond motifs is 1. The van der Waals surface area contributed by atoms with Crippen LogP contribution < -0.4 is 9.88 Å². The summed E-state index contributed by atoms with van der Waals surface area (Å²) in [5.74, 6) is -0.0808. The lowest BCUT2D eigenvalue weighted by molar-refractivity contribution is -0.673. The third kappa shape index (κ3) is 2.63. The van der Waals surface area contributed by atoms with Crippen LogP contribution in [0.3, 0.4) is 0 Å².